The summed E-state index contributed by atoms with van der Waals surface area (Å²) >= 11 is 6.22. The summed E-state index contributed by atoms with van der Waals surface area (Å²) in [4.78, 5) is 8.66. The van der Waals surface area contributed by atoms with Crippen LogP contribution in [0.4, 0.5) is 5.69 Å². The Morgan fingerprint density at radius 2 is 1.86 bits per heavy atom. The number of nitrogens with two attached hydrogens (primary N) is 1. The van der Waals surface area contributed by atoms with Gasteiger partial charge in [-0.1, -0.05) is 41.9 Å². The third-order valence-corrected chi connectivity index (χ3v) is 3.69. The van der Waals surface area contributed by atoms with Gasteiger partial charge in [0.15, 0.2) is 0 Å². The van der Waals surface area contributed by atoms with Crippen molar-refractivity contribution in [2.24, 2.45) is 10.7 Å². The number of rotatable bonds is 3. The standard InChI is InChI=1S/C18H14ClN3/c19-17-7-8-18(16-6-2-1-5-15(16)17)22-12-14(10-20)13-4-3-9-21-11-13/h1-12H,20H2/b14-10+,22-12?. The summed E-state index contributed by atoms with van der Waals surface area (Å²) in [6.07, 6.45) is 6.75. The van der Waals surface area contributed by atoms with Crippen molar-refractivity contribution in [1.29, 1.82) is 0 Å². The van der Waals surface area contributed by atoms with Gasteiger partial charge in [0, 0.05) is 51.7 Å². The number of halogens is 1. The van der Waals surface area contributed by atoms with Crippen LogP contribution in [0.1, 0.15) is 5.56 Å². The smallest absolute Gasteiger partial charge is 0.0709 e. The second-order valence-electron chi connectivity index (χ2n) is 4.73. The van der Waals surface area contributed by atoms with Gasteiger partial charge in [0.05, 0.1) is 5.69 Å². The van der Waals surface area contributed by atoms with Gasteiger partial charge >= 0.3 is 0 Å². The maximum absolute atomic E-state index is 6.22. The number of hydrogen-bond acceptors (Lipinski definition) is 3. The summed E-state index contributed by atoms with van der Waals surface area (Å²) in [6, 6.07) is 15.5. The van der Waals surface area contributed by atoms with Crippen molar-refractivity contribution in [1.82, 2.24) is 4.98 Å². The highest BCUT2D eigenvalue weighted by molar-refractivity contribution is 6.36. The van der Waals surface area contributed by atoms with E-state index in [4.69, 9.17) is 17.3 Å². The number of benzene rings is 2. The van der Waals surface area contributed by atoms with Gasteiger partial charge in [-0.3, -0.25) is 9.98 Å². The van der Waals surface area contributed by atoms with Crippen LogP contribution >= 0.6 is 11.6 Å². The molecule has 0 aliphatic heterocycles. The van der Waals surface area contributed by atoms with Gasteiger partial charge in [-0.2, -0.15) is 0 Å². The van der Waals surface area contributed by atoms with Gasteiger partial charge in [0.1, 0.15) is 0 Å². The second-order valence-corrected chi connectivity index (χ2v) is 5.14. The quantitative estimate of drug-likeness (QED) is 0.719. The minimum Gasteiger partial charge on any atom is -0.404 e. The maximum Gasteiger partial charge on any atom is 0.0709 e. The van der Waals surface area contributed by atoms with E-state index < -0.39 is 0 Å². The summed E-state index contributed by atoms with van der Waals surface area (Å²) in [6.45, 7) is 0. The molecule has 22 heavy (non-hydrogen) atoms. The molecule has 3 nitrogen and oxygen atoms in total. The molecule has 0 saturated carbocycles. The second kappa shape index (κ2) is 6.41. The molecule has 2 aromatic carbocycles. The molecule has 0 saturated heterocycles. The Labute approximate surface area is 133 Å². The lowest BCUT2D eigenvalue weighted by Crippen LogP contribution is -1.91. The molecule has 3 aromatic rings. The first-order chi connectivity index (χ1) is 10.8. The average molecular weight is 308 g/mol. The zero-order chi connectivity index (χ0) is 15.4. The molecule has 0 aliphatic rings. The van der Waals surface area contributed by atoms with E-state index in [0.717, 1.165) is 32.6 Å². The fourth-order valence-corrected chi connectivity index (χ4v) is 2.47. The molecular weight excluding hydrogens is 294 g/mol. The van der Waals surface area contributed by atoms with Crippen LogP contribution in [-0.2, 0) is 0 Å². The van der Waals surface area contributed by atoms with Crippen LogP contribution in [0, 0.1) is 0 Å². The van der Waals surface area contributed by atoms with E-state index in [1.54, 1.807) is 18.6 Å². The number of hydrogen-bond donors (Lipinski definition) is 1. The van der Waals surface area contributed by atoms with Crippen LogP contribution in [0.2, 0.25) is 5.02 Å². The van der Waals surface area contributed by atoms with Gasteiger partial charge < -0.3 is 5.73 Å². The molecule has 4 heteroatoms. The Bertz CT molecular complexity index is 855. The molecule has 2 N–H and O–H groups in total. The lowest BCUT2D eigenvalue weighted by atomic mass is 10.1. The van der Waals surface area contributed by atoms with Crippen molar-refractivity contribution in [3.05, 3.63) is 77.7 Å². The van der Waals surface area contributed by atoms with Gasteiger partial charge in [-0.05, 0) is 18.2 Å². The van der Waals surface area contributed by atoms with Crippen molar-refractivity contribution in [2.75, 3.05) is 0 Å². The number of fused-ring (bicyclic) bond motifs is 1. The minimum atomic E-state index is 0.719. The first kappa shape index (κ1) is 14.3. The fraction of sp³-hybridized carbons (Fsp3) is 0. The van der Waals surface area contributed by atoms with Crippen LogP contribution < -0.4 is 5.73 Å². The lowest BCUT2D eigenvalue weighted by molar-refractivity contribution is 1.31. The van der Waals surface area contributed by atoms with Crippen molar-refractivity contribution < 1.29 is 0 Å². The summed E-state index contributed by atoms with van der Waals surface area (Å²) in [5.41, 5.74) is 8.29. The monoisotopic (exact) mass is 307 g/mol. The van der Waals surface area contributed by atoms with Crippen LogP contribution in [0.15, 0.2) is 72.1 Å². The zero-order valence-corrected chi connectivity index (χ0v) is 12.5. The molecule has 0 aliphatic carbocycles. The van der Waals surface area contributed by atoms with E-state index in [9.17, 15) is 0 Å². The zero-order valence-electron chi connectivity index (χ0n) is 11.8. The highest BCUT2D eigenvalue weighted by Gasteiger charge is 2.03. The Balaban J connectivity index is 2.01. The first-order valence-corrected chi connectivity index (χ1v) is 7.21. The molecule has 108 valence electrons. The Morgan fingerprint density at radius 1 is 1.05 bits per heavy atom. The number of aliphatic imine (C=N–C) groups is 1. The maximum atomic E-state index is 6.22. The van der Waals surface area contributed by atoms with E-state index in [1.807, 2.05) is 48.5 Å². The molecule has 0 bridgehead atoms. The predicted octanol–water partition coefficient (Wildman–Crippen LogP) is 4.59. The topological polar surface area (TPSA) is 51.3 Å². The minimum absolute atomic E-state index is 0.719. The molecule has 0 radical (unpaired) electrons. The number of aromatic nitrogens is 1. The molecular formula is C18H14ClN3. The van der Waals surface area contributed by atoms with Crippen LogP contribution in [0.3, 0.4) is 0 Å². The van der Waals surface area contributed by atoms with Crippen LogP contribution in [-0.4, -0.2) is 11.2 Å². The average Bonchev–Trinajstić information content (AvgIpc) is 2.58. The van der Waals surface area contributed by atoms with Gasteiger partial charge in [-0.25, -0.2) is 0 Å². The van der Waals surface area contributed by atoms with Crippen molar-refractivity contribution in [3.63, 3.8) is 0 Å². The van der Waals surface area contributed by atoms with Crippen LogP contribution in [0.5, 0.6) is 0 Å². The lowest BCUT2D eigenvalue weighted by Gasteiger charge is -2.04. The molecule has 1 heterocycles. The highest BCUT2D eigenvalue weighted by atomic mass is 35.5. The van der Waals surface area contributed by atoms with E-state index in [-0.39, 0.29) is 0 Å². The summed E-state index contributed by atoms with van der Waals surface area (Å²) in [7, 11) is 0. The third kappa shape index (κ3) is 2.85. The normalized spacial score (nSPS) is 12.1. The summed E-state index contributed by atoms with van der Waals surface area (Å²) in [5.74, 6) is 0. The van der Waals surface area contributed by atoms with E-state index >= 15 is 0 Å². The number of allylic oxidation sites excluding steroid dienone is 1. The number of nitrogens with zero attached hydrogens (tertiary/aromatic N) is 2. The van der Waals surface area contributed by atoms with Gasteiger partial charge in [-0.15, -0.1) is 0 Å². The van der Waals surface area contributed by atoms with E-state index in [1.165, 1.54) is 6.20 Å². The first-order valence-electron chi connectivity index (χ1n) is 6.83. The van der Waals surface area contributed by atoms with Crippen molar-refractivity contribution in [3.8, 4) is 0 Å². The molecule has 0 spiro atoms. The largest absolute Gasteiger partial charge is 0.404 e. The van der Waals surface area contributed by atoms with Crippen molar-refractivity contribution in [2.45, 2.75) is 0 Å². The van der Waals surface area contributed by atoms with Crippen molar-refractivity contribution >= 4 is 39.8 Å². The van der Waals surface area contributed by atoms with Gasteiger partial charge in [0.25, 0.3) is 0 Å². The highest BCUT2D eigenvalue weighted by Crippen LogP contribution is 2.31. The Hall–Kier alpha value is -2.65. The third-order valence-electron chi connectivity index (χ3n) is 3.36. The van der Waals surface area contributed by atoms with Gasteiger partial charge in [0.2, 0.25) is 0 Å². The summed E-state index contributed by atoms with van der Waals surface area (Å²) in [5, 5.41) is 2.71. The fourth-order valence-electron chi connectivity index (χ4n) is 2.25. The van der Waals surface area contributed by atoms with E-state index in [2.05, 4.69) is 9.98 Å². The molecule has 0 amide bonds. The molecule has 0 atom stereocenters. The van der Waals surface area contributed by atoms with E-state index in [0.29, 0.717) is 0 Å². The molecule has 0 fully saturated rings. The molecule has 3 rings (SSSR count). The summed E-state index contributed by atoms with van der Waals surface area (Å²) < 4.78 is 0. The van der Waals surface area contributed by atoms with Crippen LogP contribution in [0.25, 0.3) is 16.3 Å². The Morgan fingerprint density at radius 3 is 2.59 bits per heavy atom. The SMILES string of the molecule is N/C=C(\C=Nc1ccc(Cl)c2ccccc12)c1cccnc1. The molecule has 0 unspecified atom stereocenters. The Kier molecular flexibility index (Phi) is 4.17. The number of pyridine rings is 1. The predicted molar refractivity (Wildman–Crippen MR) is 93.5 cm³/mol. The molecule has 1 aromatic heterocycles.